The van der Waals surface area contributed by atoms with Gasteiger partial charge in [0.05, 0.1) is 19.0 Å². The van der Waals surface area contributed by atoms with Gasteiger partial charge in [0, 0.05) is 36.3 Å². The Balaban J connectivity index is 2.01. The Labute approximate surface area is 125 Å². The number of benzene rings is 1. The maximum Gasteiger partial charge on any atom is 0.124 e. The van der Waals surface area contributed by atoms with Crippen molar-refractivity contribution in [1.82, 2.24) is 9.55 Å². The molecule has 21 heavy (non-hydrogen) atoms. The van der Waals surface area contributed by atoms with Crippen molar-refractivity contribution in [3.8, 4) is 5.75 Å². The summed E-state index contributed by atoms with van der Waals surface area (Å²) in [5.41, 5.74) is 8.46. The molecule has 2 unspecified atom stereocenters. The molecule has 1 aromatic carbocycles. The predicted molar refractivity (Wildman–Crippen MR) is 83.6 cm³/mol. The van der Waals surface area contributed by atoms with Gasteiger partial charge in [0.2, 0.25) is 0 Å². The molecule has 2 atom stereocenters. The van der Waals surface area contributed by atoms with Gasteiger partial charge < -0.3 is 15.0 Å². The van der Waals surface area contributed by atoms with Gasteiger partial charge in [-0.05, 0) is 12.0 Å². The van der Waals surface area contributed by atoms with Gasteiger partial charge in [-0.15, -0.1) is 0 Å². The Morgan fingerprint density at radius 3 is 2.95 bits per heavy atom. The molecule has 0 saturated carbocycles. The Hall–Kier alpha value is -1.81. The first kappa shape index (κ1) is 14.1. The Morgan fingerprint density at radius 2 is 2.19 bits per heavy atom. The molecule has 1 aromatic heterocycles. The van der Waals surface area contributed by atoms with E-state index in [0.717, 1.165) is 18.8 Å². The van der Waals surface area contributed by atoms with E-state index in [1.807, 2.05) is 24.7 Å². The minimum Gasteiger partial charge on any atom is -0.493 e. The van der Waals surface area contributed by atoms with Gasteiger partial charge >= 0.3 is 0 Å². The summed E-state index contributed by atoms with van der Waals surface area (Å²) in [4.78, 5) is 4.39. The number of hydrogen-bond donors (Lipinski definition) is 1. The molecule has 0 radical (unpaired) electrons. The first-order valence-electron chi connectivity index (χ1n) is 7.66. The number of rotatable bonds is 4. The first-order chi connectivity index (χ1) is 10.2. The van der Waals surface area contributed by atoms with E-state index >= 15 is 0 Å². The molecule has 1 aliphatic heterocycles. The normalized spacial score (nSPS) is 19.1. The van der Waals surface area contributed by atoms with Crippen LogP contribution in [0, 0.1) is 5.92 Å². The van der Waals surface area contributed by atoms with E-state index in [0.29, 0.717) is 24.4 Å². The van der Waals surface area contributed by atoms with Crippen molar-refractivity contribution in [2.45, 2.75) is 32.2 Å². The molecule has 4 heteroatoms. The molecule has 0 fully saturated rings. The molecule has 2 N–H and O–H groups in total. The zero-order chi connectivity index (χ0) is 14.8. The second-order valence-corrected chi connectivity index (χ2v) is 6.00. The van der Waals surface area contributed by atoms with E-state index in [9.17, 15) is 0 Å². The molecule has 0 bridgehead atoms. The lowest BCUT2D eigenvalue weighted by Gasteiger charge is -2.30. The molecule has 0 spiro atoms. The summed E-state index contributed by atoms with van der Waals surface area (Å²) in [6, 6.07) is 8.57. The van der Waals surface area contributed by atoms with Gasteiger partial charge in [-0.3, -0.25) is 0 Å². The number of aromatic nitrogens is 2. The maximum atomic E-state index is 5.99. The molecule has 0 aliphatic carbocycles. The number of nitrogens with zero attached hydrogens (tertiary/aromatic N) is 2. The quantitative estimate of drug-likeness (QED) is 0.939. The lowest BCUT2D eigenvalue weighted by atomic mass is 9.91. The molecule has 2 heterocycles. The fraction of sp³-hybridized carbons (Fsp3) is 0.471. The highest BCUT2D eigenvalue weighted by atomic mass is 16.5. The maximum absolute atomic E-state index is 5.99. The van der Waals surface area contributed by atoms with Gasteiger partial charge in [0.1, 0.15) is 5.75 Å². The number of fused-ring (bicyclic) bond motifs is 1. The number of imidazole rings is 1. The molecular formula is C17H23N3O. The molecule has 112 valence electrons. The second kappa shape index (κ2) is 5.90. The summed E-state index contributed by atoms with van der Waals surface area (Å²) in [6.07, 6.45) is 4.87. The van der Waals surface area contributed by atoms with Crippen LogP contribution in [0.3, 0.4) is 0 Å². The van der Waals surface area contributed by atoms with Gasteiger partial charge in [-0.2, -0.15) is 0 Å². The summed E-state index contributed by atoms with van der Waals surface area (Å²) in [7, 11) is 0. The van der Waals surface area contributed by atoms with Crippen molar-refractivity contribution >= 4 is 0 Å². The van der Waals surface area contributed by atoms with E-state index in [4.69, 9.17) is 10.5 Å². The van der Waals surface area contributed by atoms with Crippen LogP contribution >= 0.6 is 0 Å². The van der Waals surface area contributed by atoms with Crippen molar-refractivity contribution in [3.63, 3.8) is 0 Å². The van der Waals surface area contributed by atoms with Crippen LogP contribution in [0.5, 0.6) is 5.75 Å². The highest BCUT2D eigenvalue weighted by Crippen LogP contribution is 2.36. The number of ether oxygens (including phenoxy) is 1. The van der Waals surface area contributed by atoms with Crippen molar-refractivity contribution in [2.24, 2.45) is 11.7 Å². The van der Waals surface area contributed by atoms with E-state index in [-0.39, 0.29) is 0 Å². The molecule has 0 amide bonds. The van der Waals surface area contributed by atoms with Gasteiger partial charge in [0.15, 0.2) is 0 Å². The van der Waals surface area contributed by atoms with E-state index in [1.165, 1.54) is 11.3 Å². The fourth-order valence-corrected chi connectivity index (χ4v) is 3.21. The van der Waals surface area contributed by atoms with Crippen LogP contribution in [0.2, 0.25) is 0 Å². The third-order valence-corrected chi connectivity index (χ3v) is 4.40. The van der Waals surface area contributed by atoms with E-state index in [1.54, 1.807) is 0 Å². The Bertz CT molecular complexity index is 606. The van der Waals surface area contributed by atoms with Gasteiger partial charge in [-0.25, -0.2) is 4.98 Å². The summed E-state index contributed by atoms with van der Waals surface area (Å²) >= 11 is 0. The Morgan fingerprint density at radius 1 is 1.38 bits per heavy atom. The van der Waals surface area contributed by atoms with Crippen LogP contribution in [-0.2, 0) is 0 Å². The van der Waals surface area contributed by atoms with Crippen LogP contribution in [0.25, 0.3) is 0 Å². The topological polar surface area (TPSA) is 53.1 Å². The number of hydrogen-bond acceptors (Lipinski definition) is 3. The second-order valence-electron chi connectivity index (χ2n) is 6.00. The molecular weight excluding hydrogens is 262 g/mol. The van der Waals surface area contributed by atoms with E-state index in [2.05, 4.69) is 35.5 Å². The van der Waals surface area contributed by atoms with Crippen molar-refractivity contribution in [1.29, 1.82) is 0 Å². The summed E-state index contributed by atoms with van der Waals surface area (Å²) in [6.45, 7) is 5.82. The zero-order valence-corrected chi connectivity index (χ0v) is 12.7. The standard InChI is InChI=1S/C17H23N3O/c1-12(2)14(9-18)16-10-19-11-20(16)15-7-8-21-17-6-4-3-5-13(15)17/h3-6,10-12,14-15H,7-9,18H2,1-2H3. The number of para-hydroxylation sites is 1. The SMILES string of the molecule is CC(C)C(CN)c1cncn1C1CCOc2ccccc21. The molecule has 1 aliphatic rings. The molecule has 3 rings (SSSR count). The monoisotopic (exact) mass is 285 g/mol. The smallest absolute Gasteiger partial charge is 0.124 e. The minimum absolute atomic E-state index is 0.292. The lowest BCUT2D eigenvalue weighted by molar-refractivity contribution is 0.253. The fourth-order valence-electron chi connectivity index (χ4n) is 3.21. The van der Waals surface area contributed by atoms with Crippen molar-refractivity contribution in [2.75, 3.05) is 13.2 Å². The molecule has 4 nitrogen and oxygen atoms in total. The molecule has 2 aromatic rings. The van der Waals surface area contributed by atoms with Gasteiger partial charge in [0.25, 0.3) is 0 Å². The number of nitrogens with two attached hydrogens (primary N) is 1. The summed E-state index contributed by atoms with van der Waals surface area (Å²) in [5, 5.41) is 0. The summed E-state index contributed by atoms with van der Waals surface area (Å²) < 4.78 is 8.06. The van der Waals surface area contributed by atoms with Crippen LogP contribution in [-0.4, -0.2) is 22.7 Å². The summed E-state index contributed by atoms with van der Waals surface area (Å²) in [5.74, 6) is 1.82. The first-order valence-corrected chi connectivity index (χ1v) is 7.66. The predicted octanol–water partition coefficient (Wildman–Crippen LogP) is 2.95. The highest BCUT2D eigenvalue weighted by Gasteiger charge is 2.27. The van der Waals surface area contributed by atoms with Crippen LogP contribution in [0.1, 0.15) is 43.5 Å². The largest absolute Gasteiger partial charge is 0.493 e. The van der Waals surface area contributed by atoms with Gasteiger partial charge in [-0.1, -0.05) is 32.0 Å². The van der Waals surface area contributed by atoms with Crippen LogP contribution < -0.4 is 10.5 Å². The Kier molecular flexibility index (Phi) is 3.97. The van der Waals surface area contributed by atoms with Crippen molar-refractivity contribution in [3.05, 3.63) is 48.0 Å². The van der Waals surface area contributed by atoms with E-state index < -0.39 is 0 Å². The third kappa shape index (κ3) is 2.56. The van der Waals surface area contributed by atoms with Crippen LogP contribution in [0.15, 0.2) is 36.8 Å². The molecule has 0 saturated heterocycles. The van der Waals surface area contributed by atoms with Crippen molar-refractivity contribution < 1.29 is 4.74 Å². The zero-order valence-electron chi connectivity index (χ0n) is 12.7. The minimum atomic E-state index is 0.292. The highest BCUT2D eigenvalue weighted by molar-refractivity contribution is 5.38. The van der Waals surface area contributed by atoms with Crippen LogP contribution in [0.4, 0.5) is 0 Å². The average molecular weight is 285 g/mol. The lowest BCUT2D eigenvalue weighted by Crippen LogP contribution is -2.25. The third-order valence-electron chi connectivity index (χ3n) is 4.40. The average Bonchev–Trinajstić information content (AvgIpc) is 2.96.